The maximum Gasteiger partial charge on any atom is 0.253 e. The number of amides is 2. The molecule has 0 bridgehead atoms. The zero-order valence-electron chi connectivity index (χ0n) is 16.6. The number of benzene rings is 2. The molecule has 5 nitrogen and oxygen atoms in total. The molecule has 2 amide bonds. The lowest BCUT2D eigenvalue weighted by molar-refractivity contribution is -0.180. The third-order valence-corrected chi connectivity index (χ3v) is 6.38. The summed E-state index contributed by atoms with van der Waals surface area (Å²) >= 11 is 0. The Bertz CT molecular complexity index is 911. The van der Waals surface area contributed by atoms with E-state index < -0.39 is 5.54 Å². The van der Waals surface area contributed by atoms with Crippen LogP contribution in [-0.4, -0.2) is 54.5 Å². The van der Waals surface area contributed by atoms with Crippen molar-refractivity contribution in [3.8, 4) is 0 Å². The number of piperidine rings is 1. The van der Waals surface area contributed by atoms with Gasteiger partial charge in [0.1, 0.15) is 12.7 Å². The topological polar surface area (TPSA) is 49.9 Å². The highest BCUT2D eigenvalue weighted by atomic mass is 16.5. The van der Waals surface area contributed by atoms with Gasteiger partial charge in [-0.05, 0) is 49.1 Å². The summed E-state index contributed by atoms with van der Waals surface area (Å²) in [5, 5.41) is 0. The predicted molar refractivity (Wildman–Crippen MR) is 107 cm³/mol. The second-order valence-corrected chi connectivity index (χ2v) is 7.84. The number of likely N-dealkylation sites (tertiary alicyclic amines) is 1. The molecule has 0 N–H and O–H groups in total. The number of morpholine rings is 1. The minimum atomic E-state index is -0.531. The number of aryl methyl sites for hydroxylation is 2. The van der Waals surface area contributed by atoms with Crippen molar-refractivity contribution in [3.05, 3.63) is 70.8 Å². The molecule has 0 saturated carbocycles. The zero-order chi connectivity index (χ0) is 19.9. The van der Waals surface area contributed by atoms with Gasteiger partial charge < -0.3 is 14.5 Å². The van der Waals surface area contributed by atoms with Crippen LogP contribution in [0.25, 0.3) is 0 Å². The van der Waals surface area contributed by atoms with Gasteiger partial charge in [0.25, 0.3) is 5.91 Å². The average Bonchev–Trinajstić information content (AvgIpc) is 2.72. The number of hydrogen-bond acceptors (Lipinski definition) is 3. The minimum Gasteiger partial charge on any atom is -0.364 e. The molecule has 0 spiro atoms. The summed E-state index contributed by atoms with van der Waals surface area (Å²) in [6.45, 7) is 5.17. The number of nitrogens with zero attached hydrogens (tertiary/aromatic N) is 2. The first-order valence-corrected chi connectivity index (χ1v) is 9.74. The first-order chi connectivity index (χ1) is 13.4. The van der Waals surface area contributed by atoms with Gasteiger partial charge in [0.2, 0.25) is 5.91 Å². The summed E-state index contributed by atoms with van der Waals surface area (Å²) in [5.41, 5.74) is 3.52. The zero-order valence-corrected chi connectivity index (χ0v) is 16.6. The van der Waals surface area contributed by atoms with Crippen LogP contribution in [-0.2, 0) is 15.1 Å². The maximum atomic E-state index is 13.1. The fourth-order valence-electron chi connectivity index (χ4n) is 4.47. The second kappa shape index (κ2) is 7.06. The van der Waals surface area contributed by atoms with Crippen LogP contribution in [0.4, 0.5) is 0 Å². The largest absolute Gasteiger partial charge is 0.364 e. The van der Waals surface area contributed by atoms with Crippen LogP contribution in [0.3, 0.4) is 0 Å². The number of likely N-dealkylation sites (N-methyl/N-ethyl adjacent to an activating group) is 1. The normalized spacial score (nSPS) is 24.8. The highest BCUT2D eigenvalue weighted by Gasteiger charge is 2.53. The summed E-state index contributed by atoms with van der Waals surface area (Å²) in [6, 6.07) is 15.9. The molecule has 2 aliphatic heterocycles. The van der Waals surface area contributed by atoms with Crippen molar-refractivity contribution in [2.75, 3.05) is 26.7 Å². The van der Waals surface area contributed by atoms with Crippen LogP contribution >= 0.6 is 0 Å². The summed E-state index contributed by atoms with van der Waals surface area (Å²) in [4.78, 5) is 29.3. The van der Waals surface area contributed by atoms with Gasteiger partial charge in [-0.25, -0.2) is 0 Å². The maximum absolute atomic E-state index is 13.1. The number of ether oxygens (including phenoxy) is 1. The second-order valence-electron chi connectivity index (χ2n) is 7.84. The van der Waals surface area contributed by atoms with E-state index in [9.17, 15) is 9.59 Å². The molecule has 0 aromatic heterocycles. The summed E-state index contributed by atoms with van der Waals surface area (Å²) in [6.07, 6.45) is 0.405. The van der Waals surface area contributed by atoms with Crippen molar-refractivity contribution in [2.45, 2.75) is 31.9 Å². The Labute approximate surface area is 165 Å². The molecule has 28 heavy (non-hydrogen) atoms. The summed E-state index contributed by atoms with van der Waals surface area (Å²) < 4.78 is 6.00. The van der Waals surface area contributed by atoms with Gasteiger partial charge in [-0.2, -0.15) is 0 Å². The predicted octanol–water partition coefficient (Wildman–Crippen LogP) is 2.90. The van der Waals surface area contributed by atoms with E-state index in [0.717, 1.165) is 11.1 Å². The standard InChI is InChI=1S/C23H26N2O3/c1-16-9-10-18(13-17(16)2)22(27)25-12-11-23(19-7-5-4-6-8-19)20(14-25)28-15-21(26)24(23)3/h4-10,13,20H,11-12,14-15H2,1-3H3/t20-,23+/m1/s1. The van der Waals surface area contributed by atoms with Crippen LogP contribution in [0.2, 0.25) is 0 Å². The van der Waals surface area contributed by atoms with Crippen molar-refractivity contribution in [2.24, 2.45) is 0 Å². The van der Waals surface area contributed by atoms with Crippen LogP contribution in [0, 0.1) is 13.8 Å². The molecule has 2 heterocycles. The molecule has 2 aromatic rings. The van der Waals surface area contributed by atoms with Gasteiger partial charge in [-0.15, -0.1) is 0 Å². The SMILES string of the molecule is Cc1ccc(C(=O)N2CC[C@]3(c4ccccc4)[C@@H](C2)OCC(=O)N3C)cc1C. The Morgan fingerprint density at radius 3 is 2.57 bits per heavy atom. The highest BCUT2D eigenvalue weighted by Crippen LogP contribution is 2.42. The molecule has 2 aliphatic rings. The smallest absolute Gasteiger partial charge is 0.253 e. The fraction of sp³-hybridized carbons (Fsp3) is 0.391. The number of carbonyl (C=O) groups is 2. The molecule has 2 fully saturated rings. The first-order valence-electron chi connectivity index (χ1n) is 9.74. The average molecular weight is 378 g/mol. The lowest BCUT2D eigenvalue weighted by Crippen LogP contribution is -2.67. The van der Waals surface area contributed by atoms with Crippen LogP contribution in [0.15, 0.2) is 48.5 Å². The van der Waals surface area contributed by atoms with E-state index in [2.05, 4.69) is 0 Å². The summed E-state index contributed by atoms with van der Waals surface area (Å²) in [7, 11) is 1.85. The van der Waals surface area contributed by atoms with Crippen molar-refractivity contribution in [1.82, 2.24) is 9.80 Å². The van der Waals surface area contributed by atoms with E-state index in [0.29, 0.717) is 25.1 Å². The van der Waals surface area contributed by atoms with Crippen LogP contribution < -0.4 is 0 Å². The Morgan fingerprint density at radius 1 is 1.11 bits per heavy atom. The van der Waals surface area contributed by atoms with Gasteiger partial charge in [0, 0.05) is 25.7 Å². The lowest BCUT2D eigenvalue weighted by atomic mass is 9.76. The van der Waals surface area contributed by atoms with Crippen molar-refractivity contribution in [3.63, 3.8) is 0 Å². The van der Waals surface area contributed by atoms with Crippen molar-refractivity contribution < 1.29 is 14.3 Å². The van der Waals surface area contributed by atoms with E-state index in [1.807, 2.05) is 79.2 Å². The van der Waals surface area contributed by atoms with Gasteiger partial charge in [-0.1, -0.05) is 36.4 Å². The van der Waals surface area contributed by atoms with Crippen LogP contribution in [0.1, 0.15) is 33.5 Å². The van der Waals surface area contributed by atoms with E-state index in [1.165, 1.54) is 5.56 Å². The molecule has 0 aliphatic carbocycles. The molecule has 2 saturated heterocycles. The van der Waals surface area contributed by atoms with E-state index in [4.69, 9.17) is 4.74 Å². The van der Waals surface area contributed by atoms with Gasteiger partial charge >= 0.3 is 0 Å². The third-order valence-electron chi connectivity index (χ3n) is 6.38. The van der Waals surface area contributed by atoms with Gasteiger partial charge in [0.05, 0.1) is 5.54 Å². The number of rotatable bonds is 2. The minimum absolute atomic E-state index is 0.0194. The Balaban J connectivity index is 1.64. The van der Waals surface area contributed by atoms with E-state index in [1.54, 1.807) is 0 Å². The van der Waals surface area contributed by atoms with Gasteiger partial charge in [-0.3, -0.25) is 9.59 Å². The number of carbonyl (C=O) groups excluding carboxylic acids is 2. The number of fused-ring (bicyclic) bond motifs is 1. The van der Waals surface area contributed by atoms with Crippen LogP contribution in [0.5, 0.6) is 0 Å². The monoisotopic (exact) mass is 378 g/mol. The molecule has 5 heteroatoms. The highest BCUT2D eigenvalue weighted by molar-refractivity contribution is 5.94. The van der Waals surface area contributed by atoms with Gasteiger partial charge in [0.15, 0.2) is 0 Å². The first kappa shape index (κ1) is 18.7. The third kappa shape index (κ3) is 2.90. The molecule has 146 valence electrons. The van der Waals surface area contributed by atoms with E-state index >= 15 is 0 Å². The summed E-state index contributed by atoms with van der Waals surface area (Å²) in [5.74, 6) is 0.00181. The fourth-order valence-corrected chi connectivity index (χ4v) is 4.47. The molecule has 4 rings (SSSR count). The Morgan fingerprint density at radius 2 is 1.86 bits per heavy atom. The molecular formula is C23H26N2O3. The van der Waals surface area contributed by atoms with E-state index in [-0.39, 0.29) is 24.5 Å². The number of hydrogen-bond donors (Lipinski definition) is 0. The van der Waals surface area contributed by atoms with Crippen molar-refractivity contribution >= 4 is 11.8 Å². The molecule has 2 atom stereocenters. The molecular weight excluding hydrogens is 352 g/mol. The molecule has 0 unspecified atom stereocenters. The quantitative estimate of drug-likeness (QED) is 0.807. The lowest BCUT2D eigenvalue weighted by Gasteiger charge is -2.54. The Hall–Kier alpha value is -2.66. The molecule has 2 aromatic carbocycles. The molecule has 0 radical (unpaired) electrons. The van der Waals surface area contributed by atoms with Crippen molar-refractivity contribution in [1.29, 1.82) is 0 Å². The Kier molecular flexibility index (Phi) is 4.71.